The fraction of sp³-hybridized carbons (Fsp3) is 0.250. The third kappa shape index (κ3) is 3.43. The van der Waals surface area contributed by atoms with Gasteiger partial charge in [0.05, 0.1) is 25.4 Å². The van der Waals surface area contributed by atoms with Gasteiger partial charge in [-0.3, -0.25) is 4.79 Å². The lowest BCUT2D eigenvalue weighted by atomic mass is 10.3. The van der Waals surface area contributed by atoms with E-state index in [-0.39, 0.29) is 5.91 Å². The Morgan fingerprint density at radius 3 is 2.83 bits per heavy atom. The lowest BCUT2D eigenvalue weighted by Crippen LogP contribution is -2.22. The molecule has 0 unspecified atom stereocenters. The van der Waals surface area contributed by atoms with Gasteiger partial charge in [-0.15, -0.1) is 10.2 Å². The molecule has 8 heteroatoms. The van der Waals surface area contributed by atoms with Gasteiger partial charge in [0.2, 0.25) is 0 Å². The predicted octanol–water partition coefficient (Wildman–Crippen LogP) is 2.22. The van der Waals surface area contributed by atoms with E-state index in [2.05, 4.69) is 20.6 Å². The summed E-state index contributed by atoms with van der Waals surface area (Å²) in [5.74, 6) is 0.484. The van der Waals surface area contributed by atoms with E-state index in [1.165, 1.54) is 17.5 Å². The van der Waals surface area contributed by atoms with Crippen LogP contribution in [-0.2, 0) is 13.0 Å². The zero-order chi connectivity index (χ0) is 16.9. The molecule has 0 saturated carbocycles. The first-order valence-corrected chi connectivity index (χ1v) is 8.30. The third-order valence-electron chi connectivity index (χ3n) is 3.39. The number of hydrogen-bond donors (Lipinski definition) is 1. The Balaban J connectivity index is 1.69. The van der Waals surface area contributed by atoms with Crippen LogP contribution in [0.3, 0.4) is 0 Å². The van der Waals surface area contributed by atoms with Crippen molar-refractivity contribution in [2.75, 3.05) is 7.11 Å². The minimum atomic E-state index is -0.204. The minimum Gasteiger partial charge on any atom is -0.494 e. The van der Waals surface area contributed by atoms with Crippen molar-refractivity contribution in [1.29, 1.82) is 0 Å². The molecule has 0 aliphatic carbocycles. The van der Waals surface area contributed by atoms with Crippen LogP contribution in [0.15, 0.2) is 36.7 Å². The van der Waals surface area contributed by atoms with Crippen molar-refractivity contribution in [1.82, 2.24) is 25.3 Å². The zero-order valence-corrected chi connectivity index (χ0v) is 14.2. The topological polar surface area (TPSA) is 81.9 Å². The van der Waals surface area contributed by atoms with Crippen LogP contribution < -0.4 is 10.1 Å². The molecule has 3 aromatic rings. The molecule has 0 radical (unpaired) electrons. The molecular weight excluding hydrogens is 326 g/mol. The van der Waals surface area contributed by atoms with Crippen molar-refractivity contribution in [2.45, 2.75) is 19.9 Å². The Bertz CT molecular complexity index is 842. The third-order valence-corrected chi connectivity index (χ3v) is 4.46. The fourth-order valence-electron chi connectivity index (χ4n) is 2.15. The smallest absolute Gasteiger partial charge is 0.254 e. The number of aromatic nitrogens is 4. The molecule has 0 saturated heterocycles. The van der Waals surface area contributed by atoms with Gasteiger partial charge in [0.1, 0.15) is 21.5 Å². The fourth-order valence-corrected chi connectivity index (χ4v) is 2.88. The van der Waals surface area contributed by atoms with Crippen molar-refractivity contribution < 1.29 is 9.53 Å². The van der Waals surface area contributed by atoms with E-state index >= 15 is 0 Å². The number of carbonyl (C=O) groups is 1. The average Bonchev–Trinajstić information content (AvgIpc) is 3.29. The lowest BCUT2D eigenvalue weighted by molar-refractivity contribution is 0.0951. The summed E-state index contributed by atoms with van der Waals surface area (Å²) in [6, 6.07) is 7.49. The van der Waals surface area contributed by atoms with Gasteiger partial charge in [0.15, 0.2) is 0 Å². The highest BCUT2D eigenvalue weighted by molar-refractivity contribution is 7.11. The van der Waals surface area contributed by atoms with Crippen LogP contribution in [0.4, 0.5) is 0 Å². The number of hydrogen-bond acceptors (Lipinski definition) is 6. The average molecular weight is 343 g/mol. The molecule has 2 aromatic heterocycles. The number of benzene rings is 1. The molecule has 7 nitrogen and oxygen atoms in total. The van der Waals surface area contributed by atoms with Gasteiger partial charge >= 0.3 is 0 Å². The van der Waals surface area contributed by atoms with Crippen LogP contribution >= 0.6 is 11.3 Å². The number of methoxy groups -OCH3 is 1. The molecule has 0 aliphatic heterocycles. The second-order valence-electron chi connectivity index (χ2n) is 4.97. The Morgan fingerprint density at radius 1 is 1.29 bits per heavy atom. The molecule has 0 aliphatic rings. The summed E-state index contributed by atoms with van der Waals surface area (Å²) in [5.41, 5.74) is 1.25. The first-order chi connectivity index (χ1) is 11.7. The van der Waals surface area contributed by atoms with Gasteiger partial charge in [0.25, 0.3) is 5.91 Å². The molecule has 24 heavy (non-hydrogen) atoms. The lowest BCUT2D eigenvalue weighted by Gasteiger charge is -2.07. The standard InChI is InChI=1S/C16H17N5O2S/c1-3-14-19-20-15(24-14)9-17-16(22)11-8-18-21(10-11)12-6-4-5-7-13(12)23-2/h4-8,10H,3,9H2,1-2H3,(H,17,22). The second-order valence-corrected chi connectivity index (χ2v) is 6.12. The van der Waals surface area contributed by atoms with Crippen LogP contribution in [0, 0.1) is 0 Å². The van der Waals surface area contributed by atoms with E-state index in [0.29, 0.717) is 17.9 Å². The van der Waals surface area contributed by atoms with Gasteiger partial charge < -0.3 is 10.1 Å². The van der Waals surface area contributed by atoms with E-state index in [1.54, 1.807) is 18.0 Å². The van der Waals surface area contributed by atoms with Crippen LogP contribution in [0.5, 0.6) is 5.75 Å². The number of ether oxygens (including phenoxy) is 1. The van der Waals surface area contributed by atoms with E-state index in [4.69, 9.17) is 4.74 Å². The number of nitrogens with zero attached hydrogens (tertiary/aromatic N) is 4. The van der Waals surface area contributed by atoms with E-state index < -0.39 is 0 Å². The molecule has 1 aromatic carbocycles. The molecule has 1 amide bonds. The highest BCUT2D eigenvalue weighted by Crippen LogP contribution is 2.21. The largest absolute Gasteiger partial charge is 0.494 e. The van der Waals surface area contributed by atoms with Crippen molar-refractivity contribution >= 4 is 17.2 Å². The summed E-state index contributed by atoms with van der Waals surface area (Å²) in [6.07, 6.45) is 4.04. The van der Waals surface area contributed by atoms with E-state index in [0.717, 1.165) is 22.1 Å². The van der Waals surface area contributed by atoms with Crippen molar-refractivity contribution in [2.24, 2.45) is 0 Å². The number of nitrogens with one attached hydrogen (secondary N) is 1. The highest BCUT2D eigenvalue weighted by atomic mass is 32.1. The maximum Gasteiger partial charge on any atom is 0.254 e. The summed E-state index contributed by atoms with van der Waals surface area (Å²) in [6.45, 7) is 2.38. The number of para-hydroxylation sites is 2. The van der Waals surface area contributed by atoms with Gasteiger partial charge in [0, 0.05) is 6.20 Å². The molecular formula is C16H17N5O2S. The van der Waals surface area contributed by atoms with Gasteiger partial charge in [-0.1, -0.05) is 30.4 Å². The Morgan fingerprint density at radius 2 is 2.08 bits per heavy atom. The molecule has 2 heterocycles. The Hall–Kier alpha value is -2.74. The van der Waals surface area contributed by atoms with Gasteiger partial charge in [-0.2, -0.15) is 5.10 Å². The monoisotopic (exact) mass is 343 g/mol. The van der Waals surface area contributed by atoms with Crippen molar-refractivity contribution in [3.05, 3.63) is 52.2 Å². The highest BCUT2D eigenvalue weighted by Gasteiger charge is 2.12. The van der Waals surface area contributed by atoms with Crippen LogP contribution in [-0.4, -0.2) is 33.0 Å². The van der Waals surface area contributed by atoms with Crippen LogP contribution in [0.2, 0.25) is 0 Å². The summed E-state index contributed by atoms with van der Waals surface area (Å²) in [7, 11) is 1.60. The predicted molar refractivity (Wildman–Crippen MR) is 90.6 cm³/mol. The minimum absolute atomic E-state index is 0.204. The SMILES string of the molecule is CCc1nnc(CNC(=O)c2cnn(-c3ccccc3OC)c2)s1. The van der Waals surface area contributed by atoms with E-state index in [9.17, 15) is 4.79 Å². The van der Waals surface area contributed by atoms with E-state index in [1.807, 2.05) is 31.2 Å². The molecule has 0 bridgehead atoms. The van der Waals surface area contributed by atoms with Crippen molar-refractivity contribution in [3.63, 3.8) is 0 Å². The molecule has 0 fully saturated rings. The Labute approximate surface area is 143 Å². The number of carbonyl (C=O) groups excluding carboxylic acids is 1. The van der Waals surface area contributed by atoms with Gasteiger partial charge in [-0.25, -0.2) is 4.68 Å². The summed E-state index contributed by atoms with van der Waals surface area (Å²) >= 11 is 1.50. The van der Waals surface area contributed by atoms with Gasteiger partial charge in [-0.05, 0) is 18.6 Å². The Kier molecular flexibility index (Phi) is 4.85. The molecule has 0 spiro atoms. The molecule has 0 atom stereocenters. The maximum atomic E-state index is 12.3. The maximum absolute atomic E-state index is 12.3. The van der Waals surface area contributed by atoms with Crippen LogP contribution in [0.1, 0.15) is 27.3 Å². The summed E-state index contributed by atoms with van der Waals surface area (Å²) < 4.78 is 6.93. The number of aryl methyl sites for hydroxylation is 1. The number of rotatable bonds is 6. The van der Waals surface area contributed by atoms with Crippen molar-refractivity contribution in [3.8, 4) is 11.4 Å². The molecule has 3 rings (SSSR count). The quantitative estimate of drug-likeness (QED) is 0.742. The first-order valence-electron chi connectivity index (χ1n) is 7.48. The number of amides is 1. The zero-order valence-electron chi connectivity index (χ0n) is 13.4. The summed E-state index contributed by atoms with van der Waals surface area (Å²) in [5, 5.41) is 16.9. The summed E-state index contributed by atoms with van der Waals surface area (Å²) in [4.78, 5) is 12.3. The molecule has 124 valence electrons. The first kappa shape index (κ1) is 16.1. The second kappa shape index (κ2) is 7.22. The van der Waals surface area contributed by atoms with Crippen LogP contribution in [0.25, 0.3) is 5.69 Å². The normalized spacial score (nSPS) is 10.6. The molecule has 1 N–H and O–H groups in total.